The number of aliphatic hydroxyl groups excluding tert-OH is 2. The quantitative estimate of drug-likeness (QED) is 0.643. The Balaban J connectivity index is 0. The van der Waals surface area contributed by atoms with Crippen LogP contribution in [0.5, 0.6) is 0 Å². The molecule has 2 nitrogen and oxygen atoms in total. The third-order valence-electron chi connectivity index (χ3n) is 2.30. The van der Waals surface area contributed by atoms with Crippen LogP contribution in [0.4, 0.5) is 0 Å². The molecule has 1 rings (SSSR count). The molecular weight excluding hydrogens is 152 g/mol. The lowest BCUT2D eigenvalue weighted by atomic mass is 9.88. The van der Waals surface area contributed by atoms with E-state index in [4.69, 9.17) is 10.2 Å². The maximum atomic E-state index is 7.00. The summed E-state index contributed by atoms with van der Waals surface area (Å²) in [5.74, 6) is 1.09. The summed E-state index contributed by atoms with van der Waals surface area (Å²) in [4.78, 5) is 0. The van der Waals surface area contributed by atoms with Gasteiger partial charge in [0.25, 0.3) is 0 Å². The Kier molecular flexibility index (Phi) is 16.3. The predicted octanol–water partition coefficient (Wildman–Crippen LogP) is 2.19. The number of rotatable bonds is 1. The van der Waals surface area contributed by atoms with Crippen molar-refractivity contribution < 1.29 is 10.2 Å². The molecule has 0 radical (unpaired) electrons. The molecule has 0 amide bonds. The first-order valence-corrected chi connectivity index (χ1v) is 4.83. The van der Waals surface area contributed by atoms with E-state index >= 15 is 0 Å². The minimum atomic E-state index is 1.00. The molecule has 1 aliphatic carbocycles. The van der Waals surface area contributed by atoms with E-state index in [9.17, 15) is 0 Å². The van der Waals surface area contributed by atoms with Gasteiger partial charge < -0.3 is 10.2 Å². The Bertz CT molecular complexity index is 58.9. The molecule has 2 N–H and O–H groups in total. The van der Waals surface area contributed by atoms with E-state index in [1.807, 2.05) is 0 Å². The standard InChI is InChI=1S/C8H16.2CH4O/c1-2-8-6-4-3-5-7-8;2*1-2/h8H,2-7H2,1H3;2*2H,1H3. The second kappa shape index (κ2) is 13.5. The van der Waals surface area contributed by atoms with E-state index < -0.39 is 0 Å². The molecule has 1 aliphatic rings. The molecule has 0 saturated heterocycles. The van der Waals surface area contributed by atoms with Crippen LogP contribution in [-0.4, -0.2) is 24.4 Å². The van der Waals surface area contributed by atoms with Crippen molar-refractivity contribution in [3.63, 3.8) is 0 Å². The molecule has 0 aromatic carbocycles. The maximum absolute atomic E-state index is 7.00. The highest BCUT2D eigenvalue weighted by Gasteiger charge is 2.09. The van der Waals surface area contributed by atoms with E-state index in [0.717, 1.165) is 20.1 Å². The summed E-state index contributed by atoms with van der Waals surface area (Å²) in [7, 11) is 2.00. The lowest BCUT2D eigenvalue weighted by molar-refractivity contribution is 0.349. The summed E-state index contributed by atoms with van der Waals surface area (Å²) in [6.07, 6.45) is 8.93. The second-order valence-electron chi connectivity index (χ2n) is 2.91. The zero-order chi connectivity index (χ0) is 9.82. The minimum Gasteiger partial charge on any atom is -0.400 e. The van der Waals surface area contributed by atoms with Crippen LogP contribution in [0.25, 0.3) is 0 Å². The summed E-state index contributed by atoms with van der Waals surface area (Å²) < 4.78 is 0. The molecule has 0 aromatic rings. The lowest BCUT2D eigenvalue weighted by Gasteiger charge is -2.18. The van der Waals surface area contributed by atoms with Gasteiger partial charge in [-0.1, -0.05) is 45.4 Å². The third kappa shape index (κ3) is 8.02. The van der Waals surface area contributed by atoms with Gasteiger partial charge in [-0.05, 0) is 5.92 Å². The molecule has 12 heavy (non-hydrogen) atoms. The van der Waals surface area contributed by atoms with Crippen LogP contribution in [0.15, 0.2) is 0 Å². The Labute approximate surface area is 76.6 Å². The Morgan fingerprint density at radius 1 is 0.917 bits per heavy atom. The predicted molar refractivity (Wildman–Crippen MR) is 53.2 cm³/mol. The highest BCUT2D eigenvalue weighted by molar-refractivity contribution is 4.63. The molecule has 1 fully saturated rings. The molecule has 2 heteroatoms. The van der Waals surface area contributed by atoms with Crippen LogP contribution in [0, 0.1) is 5.92 Å². The SMILES string of the molecule is CCC1CCCCC1.CO.CO. The van der Waals surface area contributed by atoms with Crippen LogP contribution in [-0.2, 0) is 0 Å². The fraction of sp³-hybridized carbons (Fsp3) is 1.00. The van der Waals surface area contributed by atoms with E-state index in [0.29, 0.717) is 0 Å². The molecular formula is C10H24O2. The average Bonchev–Trinajstić information content (AvgIpc) is 2.25. The first-order chi connectivity index (χ1) is 5.93. The molecule has 0 bridgehead atoms. The number of hydrogen-bond donors (Lipinski definition) is 2. The van der Waals surface area contributed by atoms with Gasteiger partial charge in [-0.25, -0.2) is 0 Å². The van der Waals surface area contributed by atoms with Gasteiger partial charge in [0.1, 0.15) is 0 Å². The van der Waals surface area contributed by atoms with Gasteiger partial charge in [0.2, 0.25) is 0 Å². The minimum absolute atomic E-state index is 1.00. The van der Waals surface area contributed by atoms with Gasteiger partial charge in [0.15, 0.2) is 0 Å². The van der Waals surface area contributed by atoms with Crippen molar-refractivity contribution in [3.8, 4) is 0 Å². The fourth-order valence-electron chi connectivity index (χ4n) is 1.60. The monoisotopic (exact) mass is 176 g/mol. The summed E-state index contributed by atoms with van der Waals surface area (Å²) in [6, 6.07) is 0. The smallest absolute Gasteiger partial charge is 0.0319 e. The van der Waals surface area contributed by atoms with Crippen LogP contribution >= 0.6 is 0 Å². The number of hydrogen-bond acceptors (Lipinski definition) is 2. The van der Waals surface area contributed by atoms with Crippen molar-refractivity contribution >= 4 is 0 Å². The van der Waals surface area contributed by atoms with E-state index in [1.165, 1.54) is 38.5 Å². The normalized spacial score (nSPS) is 16.8. The Morgan fingerprint density at radius 2 is 1.33 bits per heavy atom. The first kappa shape index (κ1) is 14.4. The highest BCUT2D eigenvalue weighted by Crippen LogP contribution is 2.25. The topological polar surface area (TPSA) is 40.5 Å². The van der Waals surface area contributed by atoms with Gasteiger partial charge in [-0.3, -0.25) is 0 Å². The molecule has 0 atom stereocenters. The van der Waals surface area contributed by atoms with Gasteiger partial charge in [-0.2, -0.15) is 0 Å². The van der Waals surface area contributed by atoms with Crippen molar-refractivity contribution in [1.29, 1.82) is 0 Å². The van der Waals surface area contributed by atoms with Crippen molar-refractivity contribution in [2.75, 3.05) is 14.2 Å². The largest absolute Gasteiger partial charge is 0.400 e. The zero-order valence-corrected chi connectivity index (χ0v) is 8.71. The first-order valence-electron chi connectivity index (χ1n) is 4.83. The van der Waals surface area contributed by atoms with Crippen LogP contribution < -0.4 is 0 Å². The molecule has 76 valence electrons. The van der Waals surface area contributed by atoms with Crippen LogP contribution in [0.3, 0.4) is 0 Å². The molecule has 0 spiro atoms. The molecule has 1 saturated carbocycles. The molecule has 0 unspecified atom stereocenters. The van der Waals surface area contributed by atoms with Crippen molar-refractivity contribution in [2.45, 2.75) is 45.4 Å². The van der Waals surface area contributed by atoms with Gasteiger partial charge in [-0.15, -0.1) is 0 Å². The fourth-order valence-corrected chi connectivity index (χ4v) is 1.60. The van der Waals surface area contributed by atoms with Crippen molar-refractivity contribution in [1.82, 2.24) is 0 Å². The van der Waals surface area contributed by atoms with Crippen LogP contribution in [0.1, 0.15) is 45.4 Å². The Hall–Kier alpha value is -0.0800. The zero-order valence-electron chi connectivity index (χ0n) is 8.71. The van der Waals surface area contributed by atoms with Gasteiger partial charge in [0, 0.05) is 14.2 Å². The third-order valence-corrected chi connectivity index (χ3v) is 2.30. The molecule has 0 heterocycles. The Morgan fingerprint density at radius 3 is 1.58 bits per heavy atom. The van der Waals surface area contributed by atoms with Gasteiger partial charge >= 0.3 is 0 Å². The van der Waals surface area contributed by atoms with Crippen molar-refractivity contribution in [3.05, 3.63) is 0 Å². The van der Waals surface area contributed by atoms with E-state index in [1.54, 1.807) is 0 Å². The lowest BCUT2D eigenvalue weighted by Crippen LogP contribution is -2.03. The number of aliphatic hydroxyl groups is 2. The second-order valence-corrected chi connectivity index (χ2v) is 2.91. The van der Waals surface area contributed by atoms with E-state index in [2.05, 4.69) is 6.92 Å². The summed E-state index contributed by atoms with van der Waals surface area (Å²) in [5, 5.41) is 14.0. The van der Waals surface area contributed by atoms with Crippen molar-refractivity contribution in [2.24, 2.45) is 5.92 Å². The average molecular weight is 176 g/mol. The summed E-state index contributed by atoms with van der Waals surface area (Å²) in [6.45, 7) is 2.32. The summed E-state index contributed by atoms with van der Waals surface area (Å²) in [5.41, 5.74) is 0. The highest BCUT2D eigenvalue weighted by atomic mass is 16.2. The van der Waals surface area contributed by atoms with Gasteiger partial charge in [0.05, 0.1) is 0 Å². The molecule has 0 aromatic heterocycles. The maximum Gasteiger partial charge on any atom is 0.0319 e. The van der Waals surface area contributed by atoms with E-state index in [-0.39, 0.29) is 0 Å². The molecule has 0 aliphatic heterocycles. The summed E-state index contributed by atoms with van der Waals surface area (Å²) >= 11 is 0. The van der Waals surface area contributed by atoms with Crippen LogP contribution in [0.2, 0.25) is 0 Å².